The van der Waals surface area contributed by atoms with Crippen molar-refractivity contribution in [3.05, 3.63) is 41.7 Å². The lowest BCUT2D eigenvalue weighted by atomic mass is 10.1. The van der Waals surface area contributed by atoms with Gasteiger partial charge < -0.3 is 5.32 Å². The van der Waals surface area contributed by atoms with Crippen molar-refractivity contribution in [2.45, 2.75) is 13.3 Å². The van der Waals surface area contributed by atoms with Crippen molar-refractivity contribution in [1.29, 1.82) is 0 Å². The molecule has 1 aliphatic heterocycles. The first-order valence-electron chi connectivity index (χ1n) is 6.58. The van der Waals surface area contributed by atoms with E-state index in [2.05, 4.69) is 11.9 Å². The summed E-state index contributed by atoms with van der Waals surface area (Å²) in [6.07, 6.45) is 0.992. The van der Waals surface area contributed by atoms with E-state index in [0.29, 0.717) is 6.54 Å². The van der Waals surface area contributed by atoms with Gasteiger partial charge in [0, 0.05) is 13.1 Å². The van der Waals surface area contributed by atoms with Gasteiger partial charge >= 0.3 is 0 Å². The predicted molar refractivity (Wildman–Crippen MR) is 75.4 cm³/mol. The quantitative estimate of drug-likeness (QED) is 0.490. The van der Waals surface area contributed by atoms with Crippen molar-refractivity contribution in [1.82, 2.24) is 5.32 Å². The van der Waals surface area contributed by atoms with Crippen molar-refractivity contribution in [3.63, 3.8) is 0 Å². The second-order valence-electron chi connectivity index (χ2n) is 4.78. The average molecular weight is 276 g/mol. The summed E-state index contributed by atoms with van der Waals surface area (Å²) in [5, 5.41) is 3.16. The van der Waals surface area contributed by atoms with Gasteiger partial charge in [-0.1, -0.05) is 19.6 Å². The standard InChI is InChI=1S/C15H17FN2O2/c1-3-7-17-8-10(2)9-18-13-11(14(19)15(18)20)5-4-6-12(13)16/h4-6,17H,2-3,7-9H2,1H3. The van der Waals surface area contributed by atoms with Gasteiger partial charge in [0.05, 0.1) is 11.3 Å². The monoisotopic (exact) mass is 276 g/mol. The Kier molecular flexibility index (Phi) is 4.29. The molecule has 20 heavy (non-hydrogen) atoms. The van der Waals surface area contributed by atoms with Gasteiger partial charge in [-0.15, -0.1) is 0 Å². The highest BCUT2D eigenvalue weighted by atomic mass is 19.1. The number of hydrogen-bond donors (Lipinski definition) is 1. The Morgan fingerprint density at radius 1 is 1.40 bits per heavy atom. The third kappa shape index (κ3) is 2.63. The number of hydrogen-bond acceptors (Lipinski definition) is 3. The molecule has 1 amide bonds. The maximum atomic E-state index is 13.9. The Balaban J connectivity index is 2.16. The third-order valence-corrected chi connectivity index (χ3v) is 3.12. The largest absolute Gasteiger partial charge is 0.313 e. The molecule has 2 rings (SSSR count). The third-order valence-electron chi connectivity index (χ3n) is 3.12. The number of carbonyl (C=O) groups excluding carboxylic acids is 2. The van der Waals surface area contributed by atoms with Crippen molar-refractivity contribution < 1.29 is 14.0 Å². The zero-order valence-electron chi connectivity index (χ0n) is 11.4. The van der Waals surface area contributed by atoms with Gasteiger partial charge in [0.25, 0.3) is 11.7 Å². The first kappa shape index (κ1) is 14.4. The first-order valence-corrected chi connectivity index (χ1v) is 6.58. The molecule has 1 N–H and O–H groups in total. The number of anilines is 1. The number of carbonyl (C=O) groups is 2. The minimum Gasteiger partial charge on any atom is -0.313 e. The summed E-state index contributed by atoms with van der Waals surface area (Å²) in [6, 6.07) is 4.15. The summed E-state index contributed by atoms with van der Waals surface area (Å²) in [4.78, 5) is 24.9. The average Bonchev–Trinajstić information content (AvgIpc) is 2.66. The van der Waals surface area contributed by atoms with Crippen LogP contribution in [-0.2, 0) is 4.79 Å². The normalized spacial score (nSPS) is 13.8. The van der Waals surface area contributed by atoms with E-state index in [1.165, 1.54) is 23.1 Å². The molecular formula is C15H17FN2O2. The van der Waals surface area contributed by atoms with Crippen molar-refractivity contribution >= 4 is 17.4 Å². The number of ketones is 1. The number of nitrogens with one attached hydrogen (secondary N) is 1. The van der Waals surface area contributed by atoms with Crippen LogP contribution in [0.25, 0.3) is 0 Å². The molecule has 0 fully saturated rings. The minimum absolute atomic E-state index is 0.0686. The van der Waals surface area contributed by atoms with E-state index in [9.17, 15) is 14.0 Å². The van der Waals surface area contributed by atoms with E-state index in [1.54, 1.807) is 0 Å². The van der Waals surface area contributed by atoms with Crippen molar-refractivity contribution in [2.24, 2.45) is 0 Å². The van der Waals surface area contributed by atoms with Crippen LogP contribution >= 0.6 is 0 Å². The molecule has 4 nitrogen and oxygen atoms in total. The molecule has 0 saturated heterocycles. The Hall–Kier alpha value is -2.01. The van der Waals surface area contributed by atoms with Crippen LogP contribution in [0.15, 0.2) is 30.4 Å². The lowest BCUT2D eigenvalue weighted by Crippen LogP contribution is -2.34. The molecule has 0 aromatic heterocycles. The maximum absolute atomic E-state index is 13.9. The molecule has 1 aromatic rings. The fraction of sp³-hybridized carbons (Fsp3) is 0.333. The molecule has 106 valence electrons. The zero-order valence-corrected chi connectivity index (χ0v) is 11.4. The van der Waals surface area contributed by atoms with E-state index in [0.717, 1.165) is 18.5 Å². The molecule has 0 unspecified atom stereocenters. The molecule has 0 saturated carbocycles. The van der Waals surface area contributed by atoms with Crippen molar-refractivity contribution in [3.8, 4) is 0 Å². The Labute approximate surface area is 117 Å². The fourth-order valence-electron chi connectivity index (χ4n) is 2.18. The van der Waals surface area contributed by atoms with E-state index < -0.39 is 17.5 Å². The van der Waals surface area contributed by atoms with Crippen LogP contribution in [0.1, 0.15) is 23.7 Å². The molecule has 5 heteroatoms. The molecule has 0 atom stereocenters. The second-order valence-corrected chi connectivity index (χ2v) is 4.78. The highest BCUT2D eigenvalue weighted by molar-refractivity contribution is 6.52. The molecule has 0 bridgehead atoms. The lowest BCUT2D eigenvalue weighted by Gasteiger charge is -2.18. The van der Waals surface area contributed by atoms with Crippen LogP contribution in [0.5, 0.6) is 0 Å². The van der Waals surface area contributed by atoms with Gasteiger partial charge in [-0.25, -0.2) is 4.39 Å². The van der Waals surface area contributed by atoms with Crippen LogP contribution < -0.4 is 10.2 Å². The molecule has 1 aromatic carbocycles. The number of benzene rings is 1. The molecular weight excluding hydrogens is 259 g/mol. The number of para-hydroxylation sites is 1. The summed E-state index contributed by atoms with van der Waals surface area (Å²) in [5.41, 5.74) is 0.930. The molecule has 0 radical (unpaired) electrons. The molecule has 0 aliphatic carbocycles. The van der Waals surface area contributed by atoms with Crippen molar-refractivity contribution in [2.75, 3.05) is 24.5 Å². The topological polar surface area (TPSA) is 49.4 Å². The minimum atomic E-state index is -0.693. The summed E-state index contributed by atoms with van der Waals surface area (Å²) in [6.45, 7) is 7.44. The zero-order chi connectivity index (χ0) is 14.7. The summed E-state index contributed by atoms with van der Waals surface area (Å²) >= 11 is 0. The smallest absolute Gasteiger partial charge is 0.299 e. The Morgan fingerprint density at radius 2 is 2.15 bits per heavy atom. The number of fused-ring (bicyclic) bond motifs is 1. The fourth-order valence-corrected chi connectivity index (χ4v) is 2.18. The van der Waals surface area contributed by atoms with Gasteiger partial charge in [-0.3, -0.25) is 14.5 Å². The molecule has 1 heterocycles. The van der Waals surface area contributed by atoms with Gasteiger partial charge in [-0.05, 0) is 30.7 Å². The van der Waals surface area contributed by atoms with Crippen LogP contribution in [0.3, 0.4) is 0 Å². The summed E-state index contributed by atoms with van der Waals surface area (Å²) in [5.74, 6) is -1.91. The van der Waals surface area contributed by atoms with E-state index in [1.807, 2.05) is 6.92 Å². The van der Waals surface area contributed by atoms with Crippen LogP contribution in [-0.4, -0.2) is 31.3 Å². The number of Topliss-reactive ketones (excluding diaryl/α,β-unsaturated/α-hetero) is 1. The SMILES string of the molecule is C=C(CNCCC)CN1C(=O)C(=O)c2cccc(F)c21. The molecule has 0 spiro atoms. The van der Waals surface area contributed by atoms with E-state index >= 15 is 0 Å². The Morgan fingerprint density at radius 3 is 2.85 bits per heavy atom. The number of rotatable bonds is 6. The van der Waals surface area contributed by atoms with E-state index in [4.69, 9.17) is 0 Å². The predicted octanol–water partition coefficient (Wildman–Crippen LogP) is 1.91. The van der Waals surface area contributed by atoms with Gasteiger partial charge in [0.15, 0.2) is 0 Å². The van der Waals surface area contributed by atoms with Crippen LogP contribution in [0.2, 0.25) is 0 Å². The van der Waals surface area contributed by atoms with Crippen LogP contribution in [0.4, 0.5) is 10.1 Å². The number of amides is 1. The molecule has 1 aliphatic rings. The van der Waals surface area contributed by atoms with E-state index in [-0.39, 0.29) is 17.8 Å². The van der Waals surface area contributed by atoms with Gasteiger partial charge in [0.1, 0.15) is 5.82 Å². The highest BCUT2D eigenvalue weighted by Crippen LogP contribution is 2.31. The summed E-state index contributed by atoms with van der Waals surface area (Å²) < 4.78 is 13.9. The maximum Gasteiger partial charge on any atom is 0.299 e. The second kappa shape index (κ2) is 5.96. The Bertz CT molecular complexity index is 569. The first-order chi connectivity index (χ1) is 9.56. The van der Waals surface area contributed by atoms with Crippen LogP contribution in [0, 0.1) is 5.82 Å². The highest BCUT2D eigenvalue weighted by Gasteiger charge is 2.37. The lowest BCUT2D eigenvalue weighted by molar-refractivity contribution is -0.114. The number of nitrogens with zero attached hydrogens (tertiary/aromatic N) is 1. The number of halogens is 1. The van der Waals surface area contributed by atoms with Gasteiger partial charge in [-0.2, -0.15) is 0 Å². The summed E-state index contributed by atoms with van der Waals surface area (Å²) in [7, 11) is 0. The van der Waals surface area contributed by atoms with Gasteiger partial charge in [0.2, 0.25) is 0 Å².